The molecule has 4 aromatic heterocycles. The molecule has 0 fully saturated rings. The highest BCUT2D eigenvalue weighted by Crippen LogP contribution is 2.28. The lowest BCUT2D eigenvalue weighted by atomic mass is 10.2. The number of pyridine rings is 1. The van der Waals surface area contributed by atoms with Crippen molar-refractivity contribution in [2.24, 2.45) is 6.98 Å². The van der Waals surface area contributed by atoms with Crippen molar-refractivity contribution in [1.82, 2.24) is 23.9 Å². The number of fused-ring (bicyclic) bond motifs is 7. The average molecular weight is 266 g/mol. The molecule has 5 heterocycles. The van der Waals surface area contributed by atoms with Gasteiger partial charge in [-0.15, -0.1) is 0 Å². The molecule has 5 rings (SSSR count). The summed E-state index contributed by atoms with van der Waals surface area (Å²) in [6, 6.07) is 3.83. The first-order valence-electron chi connectivity index (χ1n) is 7.77. The summed E-state index contributed by atoms with van der Waals surface area (Å²) in [6.45, 7) is -1.77. The maximum absolute atomic E-state index is 7.95. The smallest absolute Gasteiger partial charge is 0.256 e. The third kappa shape index (κ3) is 1.01. The summed E-state index contributed by atoms with van der Waals surface area (Å²) in [5.41, 5.74) is 3.49. The molecule has 0 radical (unpaired) electrons. The molecule has 1 aliphatic heterocycles. The third-order valence-corrected chi connectivity index (χ3v) is 3.75. The van der Waals surface area contributed by atoms with Crippen LogP contribution in [0.2, 0.25) is 0 Å². The molecule has 20 heavy (non-hydrogen) atoms. The van der Waals surface area contributed by atoms with Crippen LogP contribution in [-0.2, 0) is 13.5 Å². The van der Waals surface area contributed by atoms with Gasteiger partial charge in [0.05, 0.1) is 36.2 Å². The van der Waals surface area contributed by atoms with Crippen LogP contribution in [0, 0.1) is 0 Å². The number of aromatic nitrogens is 6. The highest BCUT2D eigenvalue weighted by molar-refractivity contribution is 5.75. The molecule has 0 saturated carbocycles. The predicted molar refractivity (Wildman–Crippen MR) is 72.0 cm³/mol. The first-order valence-corrected chi connectivity index (χ1v) is 6.27. The number of imidazole rings is 2. The third-order valence-electron chi connectivity index (χ3n) is 3.75. The van der Waals surface area contributed by atoms with Crippen molar-refractivity contribution in [3.8, 4) is 11.5 Å². The van der Waals surface area contributed by atoms with Gasteiger partial charge < -0.3 is 0 Å². The molecular weight excluding hydrogens is 252 g/mol. The van der Waals surface area contributed by atoms with E-state index in [0.717, 1.165) is 11.2 Å². The van der Waals surface area contributed by atoms with Crippen molar-refractivity contribution in [3.63, 3.8) is 0 Å². The molecule has 4 aromatic rings. The second kappa shape index (κ2) is 3.22. The van der Waals surface area contributed by atoms with Crippen molar-refractivity contribution in [2.75, 3.05) is 0 Å². The van der Waals surface area contributed by atoms with E-state index in [1.165, 1.54) is 4.57 Å². The summed E-state index contributed by atoms with van der Waals surface area (Å²) in [5, 5.41) is 0. The van der Waals surface area contributed by atoms with Gasteiger partial charge in [0.1, 0.15) is 5.69 Å². The standard InChI is InChI=1S/C14H11N6/c1-18-12-14(19-6-5-15-7-10(19)17-12)20-8-9-3-2-4-16-11(9)13(18)20/h2-7H,8H2,1H3/q+1/i1D3. The highest BCUT2D eigenvalue weighted by Gasteiger charge is 2.34. The molecule has 6 heteroatoms. The largest absolute Gasteiger partial charge is 0.295 e. The van der Waals surface area contributed by atoms with Gasteiger partial charge in [0.15, 0.2) is 0 Å². The fourth-order valence-corrected chi connectivity index (χ4v) is 2.92. The van der Waals surface area contributed by atoms with E-state index in [-0.39, 0.29) is 0 Å². The lowest BCUT2D eigenvalue weighted by Crippen LogP contribution is -2.32. The first-order chi connectivity index (χ1) is 11.1. The Morgan fingerprint density at radius 2 is 2.40 bits per heavy atom. The van der Waals surface area contributed by atoms with Gasteiger partial charge >= 0.3 is 0 Å². The minimum atomic E-state index is -2.34. The molecule has 0 aromatic carbocycles. The van der Waals surface area contributed by atoms with Crippen LogP contribution in [0.25, 0.3) is 28.5 Å². The van der Waals surface area contributed by atoms with Gasteiger partial charge in [0, 0.05) is 11.8 Å². The molecule has 0 saturated heterocycles. The van der Waals surface area contributed by atoms with Crippen molar-refractivity contribution in [3.05, 3.63) is 42.5 Å². The van der Waals surface area contributed by atoms with Gasteiger partial charge in [-0.1, -0.05) is 6.07 Å². The maximum Gasteiger partial charge on any atom is 0.295 e. The van der Waals surface area contributed by atoms with E-state index in [2.05, 4.69) is 15.0 Å². The molecule has 0 bridgehead atoms. The molecule has 6 nitrogen and oxygen atoms in total. The Bertz CT molecular complexity index is 1090. The van der Waals surface area contributed by atoms with Crippen LogP contribution in [0.3, 0.4) is 0 Å². The summed E-state index contributed by atoms with van der Waals surface area (Å²) in [5.74, 6) is 0.573. The summed E-state index contributed by atoms with van der Waals surface area (Å²) < 4.78 is 29.0. The van der Waals surface area contributed by atoms with Crippen LogP contribution in [0.5, 0.6) is 0 Å². The Labute approximate surface area is 118 Å². The Morgan fingerprint density at radius 3 is 3.35 bits per heavy atom. The van der Waals surface area contributed by atoms with E-state index in [9.17, 15) is 0 Å². The van der Waals surface area contributed by atoms with Gasteiger partial charge in [-0.05, 0) is 6.07 Å². The predicted octanol–water partition coefficient (Wildman–Crippen LogP) is 0.932. The quantitative estimate of drug-likeness (QED) is 0.392. The zero-order chi connectivity index (χ0) is 15.8. The van der Waals surface area contributed by atoms with Crippen LogP contribution in [-0.4, -0.2) is 23.9 Å². The van der Waals surface area contributed by atoms with E-state index in [1.807, 2.05) is 21.1 Å². The minimum Gasteiger partial charge on any atom is -0.256 e. The van der Waals surface area contributed by atoms with E-state index in [4.69, 9.17) is 4.11 Å². The van der Waals surface area contributed by atoms with Gasteiger partial charge in [-0.25, -0.2) is 18.5 Å². The summed E-state index contributed by atoms with van der Waals surface area (Å²) in [6.07, 6.45) is 6.75. The van der Waals surface area contributed by atoms with E-state index < -0.39 is 6.98 Å². The number of nitrogens with zero attached hydrogens (tertiary/aromatic N) is 6. The van der Waals surface area contributed by atoms with Crippen LogP contribution < -0.4 is 4.57 Å². The lowest BCUT2D eigenvalue weighted by molar-refractivity contribution is -0.648. The SMILES string of the molecule is [2H]C([2H])([2H])n1c2[n+](c3c1nc1cnccn13)Cc1cccnc1-2. The Morgan fingerprint density at radius 1 is 1.40 bits per heavy atom. The van der Waals surface area contributed by atoms with E-state index in [0.29, 0.717) is 29.4 Å². The van der Waals surface area contributed by atoms with E-state index in [1.54, 1.807) is 24.8 Å². The summed E-state index contributed by atoms with van der Waals surface area (Å²) >= 11 is 0. The average Bonchev–Trinajstić information content (AvgIpc) is 3.12. The first kappa shape index (κ1) is 7.74. The number of hydrogen-bond acceptors (Lipinski definition) is 3. The van der Waals surface area contributed by atoms with Crippen LogP contribution in [0.4, 0.5) is 0 Å². The Hall–Kier alpha value is -2.76. The zero-order valence-corrected chi connectivity index (χ0v) is 10.4. The minimum absolute atomic E-state index is 0.421. The van der Waals surface area contributed by atoms with Crippen LogP contribution in [0.15, 0.2) is 36.9 Å². The molecule has 0 atom stereocenters. The number of aryl methyl sites for hydroxylation is 1. The van der Waals surface area contributed by atoms with Crippen molar-refractivity contribution >= 4 is 16.9 Å². The molecule has 0 amide bonds. The van der Waals surface area contributed by atoms with Crippen LogP contribution >= 0.6 is 0 Å². The second-order valence-electron chi connectivity index (χ2n) is 4.82. The highest BCUT2D eigenvalue weighted by atomic mass is 15.3. The topological polar surface area (TPSA) is 51.9 Å². The van der Waals surface area contributed by atoms with Gasteiger partial charge in [0.25, 0.3) is 17.1 Å². The molecule has 0 unspecified atom stereocenters. The fraction of sp³-hybridized carbons (Fsp3) is 0.143. The van der Waals surface area contributed by atoms with Crippen molar-refractivity contribution < 1.29 is 8.68 Å². The summed E-state index contributed by atoms with van der Waals surface area (Å²) in [7, 11) is 0. The van der Waals surface area contributed by atoms with Gasteiger partial charge in [-0.2, -0.15) is 4.98 Å². The summed E-state index contributed by atoms with van der Waals surface area (Å²) in [4.78, 5) is 12.9. The molecule has 0 spiro atoms. The second-order valence-corrected chi connectivity index (χ2v) is 4.82. The van der Waals surface area contributed by atoms with Crippen LogP contribution in [0.1, 0.15) is 9.68 Å². The van der Waals surface area contributed by atoms with E-state index >= 15 is 0 Å². The molecule has 96 valence electrons. The van der Waals surface area contributed by atoms with Gasteiger partial charge in [0.2, 0.25) is 5.65 Å². The molecule has 0 aliphatic carbocycles. The monoisotopic (exact) mass is 266 g/mol. The molecular formula is C14H11N6+. The number of rotatable bonds is 0. The lowest BCUT2D eigenvalue weighted by Gasteiger charge is -1.94. The zero-order valence-electron chi connectivity index (χ0n) is 13.4. The Balaban J connectivity index is 2.01. The molecule has 0 N–H and O–H groups in total. The van der Waals surface area contributed by atoms with Crippen molar-refractivity contribution in [1.29, 1.82) is 0 Å². The maximum atomic E-state index is 7.95. The van der Waals surface area contributed by atoms with Gasteiger partial charge in [-0.3, -0.25) is 4.98 Å². The molecule has 1 aliphatic rings. The fourth-order valence-electron chi connectivity index (χ4n) is 2.92. The number of hydrogen-bond donors (Lipinski definition) is 0. The Kier molecular flexibility index (Phi) is 1.24. The van der Waals surface area contributed by atoms with Crippen molar-refractivity contribution in [2.45, 2.75) is 6.54 Å². The normalized spacial score (nSPS) is 15.9.